The number of nitrogens with zero attached hydrogens (tertiary/aromatic N) is 2. The topological polar surface area (TPSA) is 58.6 Å². The molecular formula is C14H13N3OS. The van der Waals surface area contributed by atoms with Gasteiger partial charge < -0.3 is 4.98 Å². The van der Waals surface area contributed by atoms with E-state index in [1.165, 1.54) is 0 Å². The summed E-state index contributed by atoms with van der Waals surface area (Å²) in [5, 5.41) is 0.693. The number of hydrogen-bond donors (Lipinski definition) is 1. The van der Waals surface area contributed by atoms with Crippen molar-refractivity contribution in [3.63, 3.8) is 0 Å². The van der Waals surface area contributed by atoms with Crippen molar-refractivity contribution in [1.29, 1.82) is 0 Å². The van der Waals surface area contributed by atoms with Crippen molar-refractivity contribution in [3.8, 4) is 11.5 Å². The predicted octanol–water partition coefficient (Wildman–Crippen LogP) is 2.97. The highest BCUT2D eigenvalue weighted by molar-refractivity contribution is 7.18. The Morgan fingerprint density at radius 2 is 1.95 bits per heavy atom. The maximum Gasteiger partial charge on any atom is 0.260 e. The van der Waals surface area contributed by atoms with E-state index in [1.807, 2.05) is 39.0 Å². The number of rotatable bonds is 1. The summed E-state index contributed by atoms with van der Waals surface area (Å²) in [5.41, 5.74) is 2.52. The SMILES string of the molecule is Cc1cccc(-c2nc3sc(C)c(C)c3c(=O)[nH]2)n1. The van der Waals surface area contributed by atoms with E-state index in [2.05, 4.69) is 15.0 Å². The third-order valence-electron chi connectivity index (χ3n) is 3.17. The van der Waals surface area contributed by atoms with E-state index in [0.717, 1.165) is 21.0 Å². The Labute approximate surface area is 114 Å². The molecule has 0 unspecified atom stereocenters. The fourth-order valence-electron chi connectivity index (χ4n) is 2.05. The number of aromatic amines is 1. The number of H-pyrrole nitrogens is 1. The van der Waals surface area contributed by atoms with Gasteiger partial charge in [-0.1, -0.05) is 6.07 Å². The number of aromatic nitrogens is 3. The van der Waals surface area contributed by atoms with Crippen LogP contribution in [0.1, 0.15) is 16.1 Å². The van der Waals surface area contributed by atoms with E-state index >= 15 is 0 Å². The van der Waals surface area contributed by atoms with Crippen LogP contribution in [0.5, 0.6) is 0 Å². The van der Waals surface area contributed by atoms with Crippen molar-refractivity contribution < 1.29 is 0 Å². The zero-order chi connectivity index (χ0) is 13.6. The van der Waals surface area contributed by atoms with Gasteiger partial charge in [0.05, 0.1) is 5.39 Å². The van der Waals surface area contributed by atoms with E-state index in [-0.39, 0.29) is 5.56 Å². The molecule has 0 amide bonds. The van der Waals surface area contributed by atoms with E-state index in [9.17, 15) is 4.79 Å². The first-order valence-corrected chi connectivity index (χ1v) is 6.82. The summed E-state index contributed by atoms with van der Waals surface area (Å²) in [7, 11) is 0. The van der Waals surface area contributed by atoms with Gasteiger partial charge in [-0.25, -0.2) is 9.97 Å². The van der Waals surface area contributed by atoms with Gasteiger partial charge >= 0.3 is 0 Å². The Bertz CT molecular complexity index is 832. The molecule has 19 heavy (non-hydrogen) atoms. The molecule has 0 saturated carbocycles. The molecule has 3 aromatic rings. The van der Waals surface area contributed by atoms with Gasteiger partial charge in [-0.3, -0.25) is 4.79 Å². The first-order chi connectivity index (χ1) is 9.06. The molecule has 0 aliphatic rings. The van der Waals surface area contributed by atoms with Gasteiger partial charge in [0, 0.05) is 10.6 Å². The van der Waals surface area contributed by atoms with E-state index in [4.69, 9.17) is 0 Å². The first-order valence-electron chi connectivity index (χ1n) is 6.00. The molecule has 0 aliphatic heterocycles. The van der Waals surface area contributed by atoms with Crippen molar-refractivity contribution in [2.24, 2.45) is 0 Å². The number of thiophene rings is 1. The van der Waals surface area contributed by atoms with E-state index in [0.29, 0.717) is 16.9 Å². The van der Waals surface area contributed by atoms with Crippen LogP contribution < -0.4 is 5.56 Å². The second-order valence-corrected chi connectivity index (χ2v) is 5.75. The highest BCUT2D eigenvalue weighted by atomic mass is 32.1. The van der Waals surface area contributed by atoms with Crippen molar-refractivity contribution in [2.45, 2.75) is 20.8 Å². The molecule has 96 valence electrons. The summed E-state index contributed by atoms with van der Waals surface area (Å²) in [4.78, 5) is 25.8. The minimum absolute atomic E-state index is 0.0924. The quantitative estimate of drug-likeness (QED) is 0.740. The Hall–Kier alpha value is -2.01. The van der Waals surface area contributed by atoms with Gasteiger partial charge in [0.1, 0.15) is 10.5 Å². The number of pyridine rings is 1. The van der Waals surface area contributed by atoms with Crippen LogP contribution in [-0.4, -0.2) is 15.0 Å². The molecule has 3 aromatic heterocycles. The van der Waals surface area contributed by atoms with Crippen LogP contribution in [0, 0.1) is 20.8 Å². The summed E-state index contributed by atoms with van der Waals surface area (Å²) in [6.45, 7) is 5.88. The smallest absolute Gasteiger partial charge is 0.260 e. The lowest BCUT2D eigenvalue weighted by molar-refractivity contribution is 1.12. The van der Waals surface area contributed by atoms with Crippen molar-refractivity contribution in [3.05, 3.63) is 44.7 Å². The average Bonchev–Trinajstić information content (AvgIpc) is 2.65. The predicted molar refractivity (Wildman–Crippen MR) is 77.7 cm³/mol. The third kappa shape index (κ3) is 1.96. The molecule has 1 N–H and O–H groups in total. The van der Waals surface area contributed by atoms with Crippen molar-refractivity contribution in [1.82, 2.24) is 15.0 Å². The third-order valence-corrected chi connectivity index (χ3v) is 4.27. The summed E-state index contributed by atoms with van der Waals surface area (Å²) < 4.78 is 0. The minimum Gasteiger partial charge on any atom is -0.305 e. The van der Waals surface area contributed by atoms with Gasteiger partial charge in [-0.2, -0.15) is 0 Å². The molecular weight excluding hydrogens is 258 g/mol. The molecule has 0 aromatic carbocycles. The molecule has 0 spiro atoms. The molecule has 0 atom stereocenters. The molecule has 0 radical (unpaired) electrons. The molecule has 0 bridgehead atoms. The van der Waals surface area contributed by atoms with Crippen LogP contribution in [0.25, 0.3) is 21.7 Å². The van der Waals surface area contributed by atoms with Crippen LogP contribution >= 0.6 is 11.3 Å². The Balaban J connectivity index is 2.30. The fraction of sp³-hybridized carbons (Fsp3) is 0.214. The lowest BCUT2D eigenvalue weighted by Gasteiger charge is -2.01. The van der Waals surface area contributed by atoms with Gasteiger partial charge in [0.2, 0.25) is 0 Å². The zero-order valence-corrected chi connectivity index (χ0v) is 11.8. The summed E-state index contributed by atoms with van der Waals surface area (Å²) in [5.74, 6) is 0.530. The summed E-state index contributed by atoms with van der Waals surface area (Å²) in [6.07, 6.45) is 0. The Morgan fingerprint density at radius 3 is 2.68 bits per heavy atom. The summed E-state index contributed by atoms with van der Waals surface area (Å²) in [6, 6.07) is 5.68. The molecule has 4 nitrogen and oxygen atoms in total. The largest absolute Gasteiger partial charge is 0.305 e. The van der Waals surface area contributed by atoms with Crippen LogP contribution in [0.4, 0.5) is 0 Å². The van der Waals surface area contributed by atoms with Crippen LogP contribution in [-0.2, 0) is 0 Å². The second kappa shape index (κ2) is 4.28. The van der Waals surface area contributed by atoms with Gasteiger partial charge in [0.15, 0.2) is 5.82 Å². The molecule has 5 heteroatoms. The molecule has 3 heterocycles. The van der Waals surface area contributed by atoms with E-state index in [1.54, 1.807) is 11.3 Å². The van der Waals surface area contributed by atoms with Crippen molar-refractivity contribution in [2.75, 3.05) is 0 Å². The molecule has 0 saturated heterocycles. The number of nitrogens with one attached hydrogen (secondary N) is 1. The maximum absolute atomic E-state index is 12.2. The molecule has 0 fully saturated rings. The lowest BCUT2D eigenvalue weighted by atomic mass is 10.2. The lowest BCUT2D eigenvalue weighted by Crippen LogP contribution is -2.09. The summed E-state index contributed by atoms with van der Waals surface area (Å²) >= 11 is 1.55. The van der Waals surface area contributed by atoms with Gasteiger partial charge in [-0.15, -0.1) is 11.3 Å². The molecule has 0 aliphatic carbocycles. The van der Waals surface area contributed by atoms with Crippen LogP contribution in [0.15, 0.2) is 23.0 Å². The minimum atomic E-state index is -0.0924. The first kappa shape index (κ1) is 12.0. The standard InChI is InChI=1S/C14H13N3OS/c1-7-5-4-6-10(15-7)12-16-13(18)11-8(2)9(3)19-14(11)17-12/h4-6H,1-3H3,(H,16,17,18). The van der Waals surface area contributed by atoms with Gasteiger partial charge in [0.25, 0.3) is 5.56 Å². The molecule has 3 rings (SSSR count). The Morgan fingerprint density at radius 1 is 1.16 bits per heavy atom. The Kier molecular flexibility index (Phi) is 2.71. The number of fused-ring (bicyclic) bond motifs is 1. The monoisotopic (exact) mass is 271 g/mol. The fourth-order valence-corrected chi connectivity index (χ4v) is 3.08. The zero-order valence-electron chi connectivity index (χ0n) is 10.9. The maximum atomic E-state index is 12.2. The number of aryl methyl sites for hydroxylation is 3. The number of hydrogen-bond acceptors (Lipinski definition) is 4. The second-order valence-electron chi connectivity index (χ2n) is 4.54. The highest BCUT2D eigenvalue weighted by Gasteiger charge is 2.13. The van der Waals surface area contributed by atoms with E-state index < -0.39 is 0 Å². The normalized spacial score (nSPS) is 11.1. The van der Waals surface area contributed by atoms with Crippen molar-refractivity contribution >= 4 is 21.6 Å². The van der Waals surface area contributed by atoms with Gasteiger partial charge in [-0.05, 0) is 38.5 Å². The highest BCUT2D eigenvalue weighted by Crippen LogP contribution is 2.27. The van der Waals surface area contributed by atoms with Crippen LogP contribution in [0.2, 0.25) is 0 Å². The van der Waals surface area contributed by atoms with Crippen LogP contribution in [0.3, 0.4) is 0 Å². The average molecular weight is 271 g/mol.